The van der Waals surface area contributed by atoms with E-state index in [0.29, 0.717) is 12.8 Å². The fourth-order valence-corrected chi connectivity index (χ4v) is 9.15. The van der Waals surface area contributed by atoms with Crippen molar-refractivity contribution in [1.29, 1.82) is 0 Å². The normalized spacial score (nSPS) is 25.8. The summed E-state index contributed by atoms with van der Waals surface area (Å²) in [5.74, 6) is -26.1. The zero-order valence-corrected chi connectivity index (χ0v) is 50.7. The molecule has 0 aliphatic carbocycles. The number of aliphatic hydroxyl groups excluding tert-OH is 1. The highest BCUT2D eigenvalue weighted by atomic mass is 16.4. The molecule has 88 heavy (non-hydrogen) atoms. The van der Waals surface area contributed by atoms with E-state index in [1.54, 1.807) is 13.0 Å². The van der Waals surface area contributed by atoms with Gasteiger partial charge in [0.2, 0.25) is 65.0 Å². The monoisotopic (exact) mass is 1250 g/mol. The lowest BCUT2D eigenvalue weighted by molar-refractivity contribution is -0.153. The molecule has 2 fully saturated rings. The number of fused-ring (bicyclic) bond motifs is 1. The van der Waals surface area contributed by atoms with E-state index in [1.807, 2.05) is 22.9 Å². The van der Waals surface area contributed by atoms with Gasteiger partial charge >= 0.3 is 23.9 Å². The molecule has 32 nitrogen and oxygen atoms in total. The molecule has 2 saturated heterocycles. The number of aliphatic hydroxyl groups is 1. The van der Waals surface area contributed by atoms with Crippen molar-refractivity contribution in [3.63, 3.8) is 0 Å². The largest absolute Gasteiger partial charge is 0.481 e. The second-order valence-corrected chi connectivity index (χ2v) is 22.7. The number of amides is 11. The first-order valence-electron chi connectivity index (χ1n) is 28.6. The van der Waals surface area contributed by atoms with E-state index in [2.05, 4.69) is 43.8 Å². The molecule has 32 heteroatoms. The summed E-state index contributed by atoms with van der Waals surface area (Å²) < 4.78 is 0. The second kappa shape index (κ2) is 35.7. The van der Waals surface area contributed by atoms with Gasteiger partial charge in [-0.2, -0.15) is 0 Å². The lowest BCUT2D eigenvalue weighted by Crippen LogP contribution is -2.65. The number of nitrogens with one attached hydrogen (secondary N) is 10. The topological polar surface area (TPSA) is 507 Å². The van der Waals surface area contributed by atoms with Crippen molar-refractivity contribution in [3.05, 3.63) is 36.5 Å². The van der Waals surface area contributed by atoms with Gasteiger partial charge in [-0.1, -0.05) is 58.4 Å². The van der Waals surface area contributed by atoms with Crippen LogP contribution in [-0.4, -0.2) is 205 Å². The van der Waals surface area contributed by atoms with E-state index < -0.39 is 198 Å². The lowest BCUT2D eigenvalue weighted by Gasteiger charge is -2.34. The summed E-state index contributed by atoms with van der Waals surface area (Å²) in [6, 6.07) is -18.6. The molecule has 0 spiro atoms. The van der Waals surface area contributed by atoms with E-state index in [4.69, 9.17) is 5.73 Å². The number of carboxylic acid groups (broad SMARTS) is 4. The van der Waals surface area contributed by atoms with Crippen LogP contribution in [0.15, 0.2) is 36.5 Å². The molecule has 2 heterocycles. The summed E-state index contributed by atoms with van der Waals surface area (Å²) in [4.78, 5) is 205. The Hall–Kier alpha value is -8.81. The highest BCUT2D eigenvalue weighted by Gasteiger charge is 2.45. The third-order valence-electron chi connectivity index (χ3n) is 14.4. The van der Waals surface area contributed by atoms with E-state index in [1.165, 1.54) is 46.8 Å². The minimum Gasteiger partial charge on any atom is -0.481 e. The van der Waals surface area contributed by atoms with Crippen LogP contribution in [0.3, 0.4) is 0 Å². The molecule has 4 unspecified atom stereocenters. The van der Waals surface area contributed by atoms with Crippen molar-refractivity contribution in [2.75, 3.05) is 19.6 Å². The van der Waals surface area contributed by atoms with E-state index in [9.17, 15) is 97.5 Å². The molecule has 0 bridgehead atoms. The molecule has 2 aliphatic heterocycles. The molecular formula is C56H86N12O20. The van der Waals surface area contributed by atoms with Crippen LogP contribution >= 0.6 is 0 Å². The third kappa shape index (κ3) is 23.5. The SMILES string of the molecule is C=C(C)CC/C=C\C=C\C(=O)N[C@H](C(=O)N[C@@H]1C(=O)N[C@H](C(C)C)C(=O)N[C@@H](CCCCN)C(=O)N[C@@H](C(O)C(=O)O)C(=O)N[C@@H](CC(=O)O)C(=O)NCC(=O)N[C@H](C(C)C(=O)O)C(=O)N[C@@H](C(C)C)C(=O)N2C[C@H](C)C[C@H]2C(=O)NC1C)C(C)C(=O)O. The third-order valence-corrected chi connectivity index (χ3v) is 14.4. The maximum Gasteiger partial charge on any atom is 0.335 e. The zero-order chi connectivity index (χ0) is 67.0. The summed E-state index contributed by atoms with van der Waals surface area (Å²) in [6.45, 7) is 15.3. The van der Waals surface area contributed by atoms with Crippen molar-refractivity contribution in [2.45, 2.75) is 174 Å². The van der Waals surface area contributed by atoms with Gasteiger partial charge < -0.3 is 89.3 Å². The fraction of sp³-hybridized carbons (Fsp3) is 0.625. The number of carbonyl (C=O) groups is 15. The first-order valence-corrected chi connectivity index (χ1v) is 28.6. The Balaban J connectivity index is 2.97. The zero-order valence-electron chi connectivity index (χ0n) is 50.7. The van der Waals surface area contributed by atoms with Crippen LogP contribution in [0, 0.1) is 29.6 Å². The number of unbranched alkanes of at least 4 members (excludes halogenated alkanes) is 1. The molecular weight excluding hydrogens is 1160 g/mol. The Kier molecular flexibility index (Phi) is 30.6. The van der Waals surface area contributed by atoms with Gasteiger partial charge in [0, 0.05) is 12.6 Å². The standard InChI is InChI=1S/C56H86N12O20/c1-25(2)17-13-11-12-14-19-35(69)62-40(29(8)54(83)84)50(79)66-42-31(10)59-47(76)34-21-28(7)24-68(34)53(82)39(27(5)6)65-49(78)41(30(9)55(85)86)63-36(70)23-58-45(74)33(22-37(71)72)61-52(81)43(44(73)56(87)88)67-46(75)32(18-15-16-20-57)60-48(77)38(26(3)4)64-51(42)80/h11-12,14,19,26-34,38-44,73H,1,13,15-18,20-24,57H2,2-10H3,(H,58,74)(H,59,76)(H,60,77)(H,61,81)(H,62,69)(H,63,70)(H,64,80)(H,65,78)(H,66,79)(H,67,75)(H,71,72)(H,83,84)(H,85,86)(H,87,88)/b12-11-,19-14+/t28-,29?,30?,31?,32+,33+,34+,38-,39+,40+,41-,42+,43+,44?/m1/s1. The van der Waals surface area contributed by atoms with Gasteiger partial charge in [0.15, 0.2) is 6.10 Å². The Morgan fingerprint density at radius 1 is 0.682 bits per heavy atom. The summed E-state index contributed by atoms with van der Waals surface area (Å²) in [5.41, 5.74) is 6.60. The van der Waals surface area contributed by atoms with Crippen molar-refractivity contribution >= 4 is 88.9 Å². The summed E-state index contributed by atoms with van der Waals surface area (Å²) in [6.07, 6.45) is 2.62. The molecule has 0 aromatic heterocycles. The average Bonchev–Trinajstić information content (AvgIpc) is 1.69. The molecule has 0 aromatic carbocycles. The lowest BCUT2D eigenvalue weighted by atomic mass is 9.97. The summed E-state index contributed by atoms with van der Waals surface area (Å²) in [5, 5.41) is 73.1. The fourth-order valence-electron chi connectivity index (χ4n) is 9.15. The van der Waals surface area contributed by atoms with Gasteiger partial charge in [-0.3, -0.25) is 67.1 Å². The number of rotatable bonds is 22. The Morgan fingerprint density at radius 3 is 1.82 bits per heavy atom. The number of hydrogen-bond acceptors (Lipinski definition) is 17. The van der Waals surface area contributed by atoms with Crippen LogP contribution in [0.5, 0.6) is 0 Å². The van der Waals surface area contributed by atoms with Crippen LogP contribution in [0.2, 0.25) is 0 Å². The van der Waals surface area contributed by atoms with Gasteiger partial charge in [-0.05, 0) is 90.5 Å². The average molecular weight is 1250 g/mol. The molecule has 11 amide bonds. The quantitative estimate of drug-likeness (QED) is 0.0213. The van der Waals surface area contributed by atoms with Gasteiger partial charge in [0.05, 0.1) is 30.8 Å². The molecule has 14 atom stereocenters. The number of carbonyl (C=O) groups excluding carboxylic acids is 11. The minimum absolute atomic E-state index is 0.0315. The highest BCUT2D eigenvalue weighted by Crippen LogP contribution is 2.26. The highest BCUT2D eigenvalue weighted by molar-refractivity contribution is 6.02. The minimum atomic E-state index is -2.84. The van der Waals surface area contributed by atoms with Crippen molar-refractivity contribution in [2.24, 2.45) is 35.3 Å². The Morgan fingerprint density at radius 2 is 1.26 bits per heavy atom. The van der Waals surface area contributed by atoms with E-state index in [0.717, 1.165) is 30.4 Å². The van der Waals surface area contributed by atoms with Crippen LogP contribution in [0.1, 0.15) is 107 Å². The maximum atomic E-state index is 14.8. The molecule has 0 radical (unpaired) electrons. The Bertz CT molecular complexity index is 2680. The predicted molar refractivity (Wildman–Crippen MR) is 310 cm³/mol. The number of hydrogen-bond donors (Lipinski definition) is 16. The van der Waals surface area contributed by atoms with Crippen LogP contribution in [0.25, 0.3) is 0 Å². The molecule has 0 aromatic rings. The summed E-state index contributed by atoms with van der Waals surface area (Å²) >= 11 is 0. The molecule has 2 rings (SSSR count). The number of allylic oxidation sites excluding steroid dienone is 4. The molecule has 17 N–H and O–H groups in total. The number of nitrogens with two attached hydrogens (primary N) is 1. The van der Waals surface area contributed by atoms with E-state index >= 15 is 0 Å². The predicted octanol–water partition coefficient (Wildman–Crippen LogP) is -3.99. The second-order valence-electron chi connectivity index (χ2n) is 22.7. The van der Waals surface area contributed by atoms with Gasteiger partial charge in [0.1, 0.15) is 54.4 Å². The first kappa shape index (κ1) is 75.3. The molecule has 0 saturated carbocycles. The van der Waals surface area contributed by atoms with Gasteiger partial charge in [-0.15, -0.1) is 6.58 Å². The van der Waals surface area contributed by atoms with Gasteiger partial charge in [0.25, 0.3) is 0 Å². The molecule has 490 valence electrons. The Labute approximate surface area is 508 Å². The number of aliphatic carboxylic acids is 4. The molecule has 2 aliphatic rings. The van der Waals surface area contributed by atoms with E-state index in [-0.39, 0.29) is 38.8 Å². The van der Waals surface area contributed by atoms with Crippen LogP contribution < -0.4 is 58.9 Å². The maximum absolute atomic E-state index is 14.8. The summed E-state index contributed by atoms with van der Waals surface area (Å²) in [7, 11) is 0. The van der Waals surface area contributed by atoms with Crippen molar-refractivity contribution < 1.29 is 97.5 Å². The van der Waals surface area contributed by atoms with Crippen LogP contribution in [-0.2, 0) is 71.9 Å². The van der Waals surface area contributed by atoms with Crippen LogP contribution in [0.4, 0.5) is 0 Å². The van der Waals surface area contributed by atoms with Gasteiger partial charge in [-0.25, -0.2) is 4.79 Å². The number of nitrogens with zero attached hydrogens (tertiary/aromatic N) is 1. The smallest absolute Gasteiger partial charge is 0.335 e. The first-order chi connectivity index (χ1) is 41.0. The van der Waals surface area contributed by atoms with Crippen molar-refractivity contribution in [1.82, 2.24) is 58.1 Å². The van der Waals surface area contributed by atoms with Crippen molar-refractivity contribution in [3.8, 4) is 0 Å². The number of carboxylic acids is 4.